The van der Waals surface area contributed by atoms with Crippen molar-refractivity contribution in [2.45, 2.75) is 13.8 Å². The molecule has 3 aromatic carbocycles. The van der Waals surface area contributed by atoms with E-state index in [1.54, 1.807) is 79.0 Å². The van der Waals surface area contributed by atoms with Crippen LogP contribution in [0.3, 0.4) is 0 Å². The number of aliphatic imine (C=N–C) groups is 1. The molecule has 7 nitrogen and oxygen atoms in total. The van der Waals surface area contributed by atoms with Gasteiger partial charge in [0.05, 0.1) is 30.0 Å². The summed E-state index contributed by atoms with van der Waals surface area (Å²) < 4.78 is 21.1. The van der Waals surface area contributed by atoms with Crippen LogP contribution in [0.4, 0.5) is 5.69 Å². The Morgan fingerprint density at radius 1 is 0.735 bits per heavy atom. The smallest absolute Gasteiger partial charge is 0.343 e. The maximum Gasteiger partial charge on any atom is 0.343 e. The first-order valence-corrected chi connectivity index (χ1v) is 11.0. The molecule has 0 bridgehead atoms. The minimum absolute atomic E-state index is 0.220. The molecule has 3 aromatic rings. The van der Waals surface area contributed by atoms with Crippen molar-refractivity contribution >= 4 is 23.8 Å². The van der Waals surface area contributed by atoms with Crippen molar-refractivity contribution in [3.8, 4) is 11.5 Å². The highest BCUT2D eigenvalue weighted by Gasteiger charge is 2.09. The molecule has 0 aromatic heterocycles. The lowest BCUT2D eigenvalue weighted by atomic mass is 10.2. The van der Waals surface area contributed by atoms with Gasteiger partial charge < -0.3 is 18.9 Å². The van der Waals surface area contributed by atoms with Crippen molar-refractivity contribution in [1.82, 2.24) is 0 Å². The van der Waals surface area contributed by atoms with E-state index in [0.717, 1.165) is 5.56 Å². The van der Waals surface area contributed by atoms with E-state index in [-0.39, 0.29) is 6.61 Å². The molecule has 0 aliphatic rings. The highest BCUT2D eigenvalue weighted by atomic mass is 16.6. The molecular formula is C27H27NO6. The second-order valence-corrected chi connectivity index (χ2v) is 7.05. The summed E-state index contributed by atoms with van der Waals surface area (Å²) in [6, 6.07) is 20.6. The van der Waals surface area contributed by atoms with Crippen LogP contribution < -0.4 is 9.47 Å². The molecule has 0 radical (unpaired) electrons. The second kappa shape index (κ2) is 12.9. The molecule has 0 aliphatic heterocycles. The Morgan fingerprint density at radius 2 is 1.35 bits per heavy atom. The second-order valence-electron chi connectivity index (χ2n) is 7.05. The lowest BCUT2D eigenvalue weighted by Gasteiger charge is -2.06. The minimum atomic E-state index is -0.444. The molecule has 176 valence electrons. The van der Waals surface area contributed by atoms with E-state index in [9.17, 15) is 9.59 Å². The number of esters is 2. The summed E-state index contributed by atoms with van der Waals surface area (Å²) in [5.41, 5.74) is 2.42. The Morgan fingerprint density at radius 3 is 2.00 bits per heavy atom. The monoisotopic (exact) mass is 461 g/mol. The van der Waals surface area contributed by atoms with Gasteiger partial charge in [-0.25, -0.2) is 9.59 Å². The van der Waals surface area contributed by atoms with Gasteiger partial charge in [-0.05, 0) is 92.2 Å². The molecule has 0 saturated heterocycles. The molecule has 3 rings (SSSR count). The van der Waals surface area contributed by atoms with Gasteiger partial charge in [0.15, 0.2) is 0 Å². The van der Waals surface area contributed by atoms with Gasteiger partial charge in [-0.15, -0.1) is 0 Å². The van der Waals surface area contributed by atoms with Crippen LogP contribution in [-0.2, 0) is 9.47 Å². The van der Waals surface area contributed by atoms with E-state index >= 15 is 0 Å². The molecular weight excluding hydrogens is 434 g/mol. The Bertz CT molecular complexity index is 1090. The summed E-state index contributed by atoms with van der Waals surface area (Å²) in [6.07, 6.45) is 1.69. The third kappa shape index (κ3) is 7.56. The lowest BCUT2D eigenvalue weighted by Crippen LogP contribution is -2.10. The standard InChI is InChI=1S/C27H27NO6/c1-3-31-17-18-33-26(29)21-7-11-23(12-8-21)28-19-20-5-13-25(14-6-20)34-27(30)22-9-15-24(16-10-22)32-4-2/h5-16,19H,3-4,17-18H2,1-2H3. The molecule has 0 aliphatic carbocycles. The number of ether oxygens (including phenoxy) is 4. The summed E-state index contributed by atoms with van der Waals surface area (Å²) in [5, 5.41) is 0. The molecule has 0 fully saturated rings. The number of hydrogen-bond acceptors (Lipinski definition) is 7. The van der Waals surface area contributed by atoms with Crippen LogP contribution in [0.15, 0.2) is 77.8 Å². The Balaban J connectivity index is 1.52. The average molecular weight is 462 g/mol. The van der Waals surface area contributed by atoms with E-state index < -0.39 is 11.9 Å². The van der Waals surface area contributed by atoms with Crippen LogP contribution in [0.5, 0.6) is 11.5 Å². The van der Waals surface area contributed by atoms with E-state index in [2.05, 4.69) is 4.99 Å². The summed E-state index contributed by atoms with van der Waals surface area (Å²) in [6.45, 7) is 5.53. The van der Waals surface area contributed by atoms with Gasteiger partial charge in [-0.1, -0.05) is 0 Å². The predicted octanol–water partition coefficient (Wildman–Crippen LogP) is 5.25. The Kier molecular flexibility index (Phi) is 9.37. The fourth-order valence-electron chi connectivity index (χ4n) is 2.90. The summed E-state index contributed by atoms with van der Waals surface area (Å²) >= 11 is 0. The van der Waals surface area contributed by atoms with Crippen LogP contribution >= 0.6 is 0 Å². The lowest BCUT2D eigenvalue weighted by molar-refractivity contribution is 0.0335. The van der Waals surface area contributed by atoms with Crippen LogP contribution in [0.2, 0.25) is 0 Å². The number of carbonyl (C=O) groups is 2. The molecule has 0 spiro atoms. The number of nitrogens with zero attached hydrogens (tertiary/aromatic N) is 1. The number of benzene rings is 3. The number of carbonyl (C=O) groups excluding carboxylic acids is 2. The average Bonchev–Trinajstić information content (AvgIpc) is 2.87. The third-order valence-corrected chi connectivity index (χ3v) is 4.62. The number of hydrogen-bond donors (Lipinski definition) is 0. The van der Waals surface area contributed by atoms with E-state index in [4.69, 9.17) is 18.9 Å². The van der Waals surface area contributed by atoms with Crippen LogP contribution in [0.1, 0.15) is 40.1 Å². The fourth-order valence-corrected chi connectivity index (χ4v) is 2.90. The molecule has 34 heavy (non-hydrogen) atoms. The number of rotatable bonds is 11. The van der Waals surface area contributed by atoms with Gasteiger partial charge in [0, 0.05) is 12.8 Å². The van der Waals surface area contributed by atoms with E-state index in [1.807, 2.05) is 13.8 Å². The summed E-state index contributed by atoms with van der Waals surface area (Å²) in [7, 11) is 0. The largest absolute Gasteiger partial charge is 0.494 e. The van der Waals surface area contributed by atoms with Crippen LogP contribution in [0.25, 0.3) is 0 Å². The molecule has 0 atom stereocenters. The van der Waals surface area contributed by atoms with Gasteiger partial charge in [0.1, 0.15) is 18.1 Å². The van der Waals surface area contributed by atoms with Crippen molar-refractivity contribution in [3.63, 3.8) is 0 Å². The highest BCUT2D eigenvalue weighted by Crippen LogP contribution is 2.18. The van der Waals surface area contributed by atoms with Gasteiger partial charge in [-0.2, -0.15) is 0 Å². The van der Waals surface area contributed by atoms with Gasteiger partial charge in [-0.3, -0.25) is 4.99 Å². The molecule has 0 saturated carbocycles. The molecule has 0 N–H and O–H groups in total. The summed E-state index contributed by atoms with van der Waals surface area (Å²) in [5.74, 6) is 0.296. The minimum Gasteiger partial charge on any atom is -0.494 e. The zero-order chi connectivity index (χ0) is 24.2. The van der Waals surface area contributed by atoms with Gasteiger partial charge >= 0.3 is 11.9 Å². The molecule has 0 amide bonds. The quantitative estimate of drug-likeness (QED) is 0.168. The molecule has 0 unspecified atom stereocenters. The first-order chi connectivity index (χ1) is 16.6. The first kappa shape index (κ1) is 24.7. The van der Waals surface area contributed by atoms with E-state index in [1.165, 1.54) is 0 Å². The maximum absolute atomic E-state index is 12.3. The highest BCUT2D eigenvalue weighted by molar-refractivity contribution is 5.91. The van der Waals surface area contributed by atoms with Crippen molar-refractivity contribution < 1.29 is 28.5 Å². The SMILES string of the molecule is CCOCCOC(=O)c1ccc(N=Cc2ccc(OC(=O)c3ccc(OCC)cc3)cc2)cc1. The molecule has 7 heteroatoms. The maximum atomic E-state index is 12.3. The molecule has 0 heterocycles. The van der Waals surface area contributed by atoms with E-state index in [0.29, 0.717) is 48.1 Å². The van der Waals surface area contributed by atoms with Crippen molar-refractivity contribution in [1.29, 1.82) is 0 Å². The fraction of sp³-hybridized carbons (Fsp3) is 0.222. The van der Waals surface area contributed by atoms with Crippen LogP contribution in [-0.4, -0.2) is 44.6 Å². The third-order valence-electron chi connectivity index (χ3n) is 4.62. The zero-order valence-electron chi connectivity index (χ0n) is 19.2. The predicted molar refractivity (Wildman–Crippen MR) is 129 cm³/mol. The Labute approximate surface area is 199 Å². The topological polar surface area (TPSA) is 83.4 Å². The van der Waals surface area contributed by atoms with Crippen molar-refractivity contribution in [2.75, 3.05) is 26.4 Å². The van der Waals surface area contributed by atoms with Gasteiger partial charge in [0.2, 0.25) is 0 Å². The van der Waals surface area contributed by atoms with Gasteiger partial charge in [0.25, 0.3) is 0 Å². The normalized spacial score (nSPS) is 10.8. The van der Waals surface area contributed by atoms with Crippen LogP contribution in [0, 0.1) is 0 Å². The van der Waals surface area contributed by atoms with Crippen molar-refractivity contribution in [2.24, 2.45) is 4.99 Å². The first-order valence-electron chi connectivity index (χ1n) is 11.0. The zero-order valence-corrected chi connectivity index (χ0v) is 19.2. The van der Waals surface area contributed by atoms with Crippen molar-refractivity contribution in [3.05, 3.63) is 89.5 Å². The summed E-state index contributed by atoms with van der Waals surface area (Å²) in [4.78, 5) is 28.7. The Hall–Kier alpha value is -3.97.